The van der Waals surface area contributed by atoms with Crippen LogP contribution in [0.3, 0.4) is 0 Å². The molecule has 2 N–H and O–H groups in total. The largest absolute Gasteiger partial charge is 0.492 e. The van der Waals surface area contributed by atoms with Crippen LogP contribution in [0, 0.1) is 5.92 Å². The highest BCUT2D eigenvalue weighted by Gasteiger charge is 2.04. The van der Waals surface area contributed by atoms with E-state index in [-0.39, 0.29) is 5.56 Å². The molecule has 19 heavy (non-hydrogen) atoms. The first-order valence-electron chi connectivity index (χ1n) is 6.29. The Morgan fingerprint density at radius 1 is 1.47 bits per heavy atom. The summed E-state index contributed by atoms with van der Waals surface area (Å²) in [5, 5.41) is 12.1. The fourth-order valence-electron chi connectivity index (χ4n) is 1.65. The maximum atomic E-state index is 10.8. The Morgan fingerprint density at radius 3 is 2.95 bits per heavy atom. The molecular weight excluding hydrogens is 246 g/mol. The first kappa shape index (κ1) is 15.5. The third kappa shape index (κ3) is 6.22. The molecule has 0 fully saturated rings. The van der Waals surface area contributed by atoms with Crippen LogP contribution in [-0.2, 0) is 4.74 Å². The number of benzene rings is 1. The summed E-state index contributed by atoms with van der Waals surface area (Å²) in [6.45, 7) is 4.92. The molecule has 0 radical (unpaired) electrons. The number of nitrogens with one attached hydrogen (secondary N) is 1. The molecule has 5 nitrogen and oxygen atoms in total. The Morgan fingerprint density at radius 2 is 2.26 bits per heavy atom. The van der Waals surface area contributed by atoms with E-state index in [4.69, 9.17) is 14.6 Å². The van der Waals surface area contributed by atoms with E-state index in [1.54, 1.807) is 25.3 Å². The van der Waals surface area contributed by atoms with Crippen molar-refractivity contribution in [3.63, 3.8) is 0 Å². The smallest absolute Gasteiger partial charge is 0.335 e. The highest BCUT2D eigenvalue weighted by molar-refractivity contribution is 5.87. The van der Waals surface area contributed by atoms with Crippen LogP contribution in [0.5, 0.6) is 5.75 Å². The fraction of sp³-hybridized carbons (Fsp3) is 0.500. The van der Waals surface area contributed by atoms with Crippen LogP contribution in [0.1, 0.15) is 17.3 Å². The number of hydrogen-bond acceptors (Lipinski definition) is 4. The van der Waals surface area contributed by atoms with E-state index < -0.39 is 5.97 Å². The van der Waals surface area contributed by atoms with Gasteiger partial charge in [-0.1, -0.05) is 13.0 Å². The van der Waals surface area contributed by atoms with Crippen molar-refractivity contribution in [2.24, 2.45) is 5.92 Å². The van der Waals surface area contributed by atoms with Gasteiger partial charge in [0.15, 0.2) is 0 Å². The zero-order valence-electron chi connectivity index (χ0n) is 11.4. The number of carboxylic acid groups (broad SMARTS) is 1. The highest BCUT2D eigenvalue weighted by atomic mass is 16.5. The molecule has 0 bridgehead atoms. The van der Waals surface area contributed by atoms with E-state index in [1.165, 1.54) is 6.07 Å². The summed E-state index contributed by atoms with van der Waals surface area (Å²) in [5.41, 5.74) is 0.235. The predicted molar refractivity (Wildman–Crippen MR) is 72.8 cm³/mol. The van der Waals surface area contributed by atoms with E-state index in [0.717, 1.165) is 13.2 Å². The van der Waals surface area contributed by atoms with E-state index in [1.807, 2.05) is 0 Å². The van der Waals surface area contributed by atoms with Crippen molar-refractivity contribution in [1.29, 1.82) is 0 Å². The second-order valence-corrected chi connectivity index (χ2v) is 4.45. The van der Waals surface area contributed by atoms with Crippen molar-refractivity contribution < 1.29 is 19.4 Å². The normalized spacial score (nSPS) is 12.1. The van der Waals surface area contributed by atoms with Gasteiger partial charge in [0.25, 0.3) is 0 Å². The lowest BCUT2D eigenvalue weighted by Crippen LogP contribution is -2.27. The summed E-state index contributed by atoms with van der Waals surface area (Å²) in [4.78, 5) is 10.8. The van der Waals surface area contributed by atoms with Gasteiger partial charge in [-0.3, -0.25) is 0 Å². The second-order valence-electron chi connectivity index (χ2n) is 4.45. The Labute approximate surface area is 113 Å². The zero-order valence-corrected chi connectivity index (χ0v) is 11.4. The van der Waals surface area contributed by atoms with Crippen LogP contribution >= 0.6 is 0 Å². The van der Waals surface area contributed by atoms with Crippen LogP contribution in [0.4, 0.5) is 0 Å². The number of methoxy groups -OCH3 is 1. The van der Waals surface area contributed by atoms with Crippen molar-refractivity contribution in [2.45, 2.75) is 6.92 Å². The number of carbonyl (C=O) groups is 1. The Hall–Kier alpha value is -1.59. The van der Waals surface area contributed by atoms with Gasteiger partial charge in [0.2, 0.25) is 0 Å². The van der Waals surface area contributed by atoms with Crippen molar-refractivity contribution >= 4 is 5.97 Å². The Balaban J connectivity index is 2.22. The van der Waals surface area contributed by atoms with Crippen LogP contribution in [-0.4, -0.2) is 44.5 Å². The molecule has 5 heteroatoms. The minimum Gasteiger partial charge on any atom is -0.492 e. The lowest BCUT2D eigenvalue weighted by Gasteiger charge is -2.12. The van der Waals surface area contributed by atoms with Crippen LogP contribution < -0.4 is 10.1 Å². The van der Waals surface area contributed by atoms with Gasteiger partial charge in [-0.15, -0.1) is 0 Å². The van der Waals surface area contributed by atoms with Crippen molar-refractivity contribution in [2.75, 3.05) is 33.4 Å². The molecule has 106 valence electrons. The summed E-state index contributed by atoms with van der Waals surface area (Å²) in [5.74, 6) is 0.0870. The Bertz CT molecular complexity index is 395. The maximum Gasteiger partial charge on any atom is 0.335 e. The van der Waals surface area contributed by atoms with Crippen molar-refractivity contribution in [3.8, 4) is 5.75 Å². The van der Waals surface area contributed by atoms with Gasteiger partial charge in [0.05, 0.1) is 5.56 Å². The molecular formula is C14H21NO4. The van der Waals surface area contributed by atoms with Gasteiger partial charge in [-0.2, -0.15) is 0 Å². The molecule has 1 unspecified atom stereocenters. The monoisotopic (exact) mass is 267 g/mol. The van der Waals surface area contributed by atoms with Gasteiger partial charge in [-0.05, 0) is 24.1 Å². The summed E-state index contributed by atoms with van der Waals surface area (Å²) in [6.07, 6.45) is 0. The van der Waals surface area contributed by atoms with E-state index >= 15 is 0 Å². The van der Waals surface area contributed by atoms with Gasteiger partial charge in [-0.25, -0.2) is 4.79 Å². The van der Waals surface area contributed by atoms with Crippen LogP contribution in [0.25, 0.3) is 0 Å². The Kier molecular flexibility index (Phi) is 6.92. The molecule has 0 saturated heterocycles. The van der Waals surface area contributed by atoms with Crippen molar-refractivity contribution in [1.82, 2.24) is 5.32 Å². The topological polar surface area (TPSA) is 67.8 Å². The number of hydrogen-bond donors (Lipinski definition) is 2. The quantitative estimate of drug-likeness (QED) is 0.666. The van der Waals surface area contributed by atoms with Gasteiger partial charge < -0.3 is 19.9 Å². The molecule has 0 amide bonds. The third-order valence-electron chi connectivity index (χ3n) is 2.57. The minimum atomic E-state index is -0.947. The lowest BCUT2D eigenvalue weighted by molar-refractivity contribution is 0.0696. The molecule has 0 heterocycles. The van der Waals surface area contributed by atoms with E-state index in [2.05, 4.69) is 12.2 Å². The van der Waals surface area contributed by atoms with Gasteiger partial charge in [0, 0.05) is 26.8 Å². The molecule has 0 aliphatic heterocycles. The summed E-state index contributed by atoms with van der Waals surface area (Å²) < 4.78 is 10.5. The third-order valence-corrected chi connectivity index (χ3v) is 2.57. The maximum absolute atomic E-state index is 10.8. The van der Waals surface area contributed by atoms with E-state index in [0.29, 0.717) is 24.8 Å². The molecule has 0 saturated carbocycles. The molecule has 1 atom stereocenters. The number of aromatic carboxylic acids is 1. The standard InChI is InChI=1S/C14H21NO4/c1-11(10-18-2)9-15-6-7-19-13-5-3-4-12(8-13)14(16)17/h3-5,8,11,15H,6-7,9-10H2,1-2H3,(H,16,17). The molecule has 0 aliphatic rings. The second kappa shape index (κ2) is 8.50. The number of carboxylic acids is 1. The molecule has 0 aliphatic carbocycles. The summed E-state index contributed by atoms with van der Waals surface area (Å²) in [6, 6.07) is 6.49. The molecule has 1 rings (SSSR count). The number of rotatable bonds is 9. The van der Waals surface area contributed by atoms with Gasteiger partial charge in [0.1, 0.15) is 12.4 Å². The SMILES string of the molecule is COCC(C)CNCCOc1cccc(C(=O)O)c1. The number of ether oxygens (including phenoxy) is 2. The predicted octanol–water partition coefficient (Wildman–Crippen LogP) is 1.64. The van der Waals surface area contributed by atoms with Crippen LogP contribution in [0.15, 0.2) is 24.3 Å². The summed E-state index contributed by atoms with van der Waals surface area (Å²) in [7, 11) is 1.69. The first-order valence-corrected chi connectivity index (χ1v) is 6.29. The van der Waals surface area contributed by atoms with Crippen LogP contribution in [0.2, 0.25) is 0 Å². The molecule has 0 spiro atoms. The average Bonchev–Trinajstić information content (AvgIpc) is 2.39. The average molecular weight is 267 g/mol. The molecule has 0 aromatic heterocycles. The highest BCUT2D eigenvalue weighted by Crippen LogP contribution is 2.12. The molecule has 1 aromatic rings. The van der Waals surface area contributed by atoms with Gasteiger partial charge >= 0.3 is 5.97 Å². The first-order chi connectivity index (χ1) is 9.13. The summed E-state index contributed by atoms with van der Waals surface area (Å²) >= 11 is 0. The van der Waals surface area contributed by atoms with E-state index in [9.17, 15) is 4.79 Å². The fourth-order valence-corrected chi connectivity index (χ4v) is 1.65. The lowest BCUT2D eigenvalue weighted by atomic mass is 10.2. The molecule has 1 aromatic carbocycles. The zero-order chi connectivity index (χ0) is 14.1. The van der Waals surface area contributed by atoms with Crippen molar-refractivity contribution in [3.05, 3.63) is 29.8 Å². The minimum absolute atomic E-state index is 0.235.